The van der Waals surface area contributed by atoms with E-state index in [1.165, 1.54) is 0 Å². The lowest BCUT2D eigenvalue weighted by molar-refractivity contribution is -0.0672. The van der Waals surface area contributed by atoms with Crippen molar-refractivity contribution in [3.8, 4) is 16.9 Å². The molecule has 0 saturated carbocycles. The van der Waals surface area contributed by atoms with Gasteiger partial charge in [0.05, 0.1) is 23.5 Å². The number of hydrogen-bond donors (Lipinski definition) is 1. The Hall–Kier alpha value is -2.96. The van der Waals surface area contributed by atoms with Crippen LogP contribution in [-0.4, -0.2) is 59.0 Å². The quantitative estimate of drug-likeness (QED) is 0.684. The Morgan fingerprint density at radius 2 is 1.67 bits per heavy atom. The minimum Gasteiger partial charge on any atom is -0.373 e. The molecule has 0 radical (unpaired) electrons. The molecule has 2 heterocycles. The molecule has 0 spiro atoms. The summed E-state index contributed by atoms with van der Waals surface area (Å²) in [7, 11) is 0. The number of carbonyl (C=O) groups is 1. The largest absolute Gasteiger partial charge is 0.373 e. The van der Waals surface area contributed by atoms with Crippen LogP contribution in [0.15, 0.2) is 66.9 Å². The van der Waals surface area contributed by atoms with E-state index in [4.69, 9.17) is 9.84 Å². The van der Waals surface area contributed by atoms with Crippen LogP contribution >= 0.6 is 0 Å². The van der Waals surface area contributed by atoms with Gasteiger partial charge in [0, 0.05) is 37.9 Å². The fraction of sp³-hybridized carbons (Fsp3) is 0.333. The summed E-state index contributed by atoms with van der Waals surface area (Å²) < 4.78 is 7.55. The lowest BCUT2D eigenvalue weighted by Gasteiger charge is -2.35. The summed E-state index contributed by atoms with van der Waals surface area (Å²) in [6.07, 6.45) is 2.25. The summed E-state index contributed by atoms with van der Waals surface area (Å²) in [5.41, 5.74) is 3.11. The van der Waals surface area contributed by atoms with Gasteiger partial charge in [-0.3, -0.25) is 9.69 Å². The van der Waals surface area contributed by atoms with Gasteiger partial charge in [-0.2, -0.15) is 5.10 Å². The molecule has 1 aromatic heterocycles. The third kappa shape index (κ3) is 4.78. The maximum atomic E-state index is 13.0. The van der Waals surface area contributed by atoms with Crippen LogP contribution < -0.4 is 5.32 Å². The van der Waals surface area contributed by atoms with Crippen LogP contribution in [0.1, 0.15) is 24.2 Å². The molecule has 6 heteroatoms. The van der Waals surface area contributed by atoms with E-state index >= 15 is 0 Å². The van der Waals surface area contributed by atoms with E-state index in [0.717, 1.165) is 30.9 Å². The summed E-state index contributed by atoms with van der Waals surface area (Å²) in [5, 5.41) is 7.79. The van der Waals surface area contributed by atoms with Crippen LogP contribution in [0.3, 0.4) is 0 Å². The first-order chi connectivity index (χ1) is 14.6. The standard InChI is InChI=1S/C24H28N4O2/c1-18-15-27(16-19(2)30-18)14-13-25-24(29)22-17-28(21-11-7-4-8-12-21)26-23(22)20-9-5-3-6-10-20/h3-12,17-19H,13-16H2,1-2H3,(H,25,29). The SMILES string of the molecule is CC1CN(CCNC(=O)c2cn(-c3ccccc3)nc2-c2ccccc2)CC(C)O1. The fourth-order valence-electron chi connectivity index (χ4n) is 3.95. The molecule has 2 unspecified atom stereocenters. The second-order valence-electron chi connectivity index (χ2n) is 7.81. The summed E-state index contributed by atoms with van der Waals surface area (Å²) in [4.78, 5) is 15.4. The van der Waals surface area contributed by atoms with E-state index in [9.17, 15) is 4.79 Å². The van der Waals surface area contributed by atoms with Gasteiger partial charge in [0.25, 0.3) is 5.91 Å². The molecule has 2 aromatic carbocycles. The molecule has 30 heavy (non-hydrogen) atoms. The Morgan fingerprint density at radius 1 is 1.03 bits per heavy atom. The van der Waals surface area contributed by atoms with E-state index in [1.54, 1.807) is 4.68 Å². The number of nitrogens with one attached hydrogen (secondary N) is 1. The molecule has 0 bridgehead atoms. The predicted octanol–water partition coefficient (Wildman–Crippen LogP) is 3.38. The Morgan fingerprint density at radius 3 is 2.33 bits per heavy atom. The number of amides is 1. The maximum Gasteiger partial charge on any atom is 0.255 e. The van der Waals surface area contributed by atoms with Crippen molar-refractivity contribution in [2.75, 3.05) is 26.2 Å². The molecule has 1 saturated heterocycles. The van der Waals surface area contributed by atoms with Crippen LogP contribution in [0.5, 0.6) is 0 Å². The number of rotatable bonds is 6. The van der Waals surface area contributed by atoms with Crippen LogP contribution in [0.25, 0.3) is 16.9 Å². The van der Waals surface area contributed by atoms with Gasteiger partial charge in [-0.15, -0.1) is 0 Å². The van der Waals surface area contributed by atoms with Crippen molar-refractivity contribution >= 4 is 5.91 Å². The normalized spacial score (nSPS) is 19.5. The smallest absolute Gasteiger partial charge is 0.255 e. The van der Waals surface area contributed by atoms with E-state index < -0.39 is 0 Å². The molecule has 1 aliphatic rings. The lowest BCUT2D eigenvalue weighted by Crippen LogP contribution is -2.47. The average Bonchev–Trinajstić information content (AvgIpc) is 3.20. The first-order valence-electron chi connectivity index (χ1n) is 10.5. The molecule has 2 atom stereocenters. The topological polar surface area (TPSA) is 59.4 Å². The third-order valence-corrected chi connectivity index (χ3v) is 5.24. The van der Waals surface area contributed by atoms with Gasteiger partial charge in [-0.1, -0.05) is 48.5 Å². The van der Waals surface area contributed by atoms with Gasteiger partial charge in [-0.05, 0) is 26.0 Å². The summed E-state index contributed by atoms with van der Waals surface area (Å²) in [6.45, 7) is 7.35. The van der Waals surface area contributed by atoms with Gasteiger partial charge >= 0.3 is 0 Å². The maximum absolute atomic E-state index is 13.0. The number of carbonyl (C=O) groups excluding carboxylic acids is 1. The van der Waals surface area contributed by atoms with E-state index in [-0.39, 0.29) is 18.1 Å². The molecule has 1 aliphatic heterocycles. The number of ether oxygens (including phenoxy) is 1. The molecule has 1 amide bonds. The number of benzene rings is 2. The minimum absolute atomic E-state index is 0.106. The van der Waals surface area contributed by atoms with Crippen LogP contribution in [-0.2, 0) is 4.74 Å². The summed E-state index contributed by atoms with van der Waals surface area (Å²) in [6, 6.07) is 19.7. The van der Waals surface area contributed by atoms with Crippen molar-refractivity contribution in [3.63, 3.8) is 0 Å². The van der Waals surface area contributed by atoms with Crippen LogP contribution in [0.4, 0.5) is 0 Å². The van der Waals surface area contributed by atoms with Crippen molar-refractivity contribution < 1.29 is 9.53 Å². The minimum atomic E-state index is -0.106. The van der Waals surface area contributed by atoms with Crippen LogP contribution in [0.2, 0.25) is 0 Å². The van der Waals surface area contributed by atoms with Gasteiger partial charge in [-0.25, -0.2) is 4.68 Å². The first-order valence-corrected chi connectivity index (χ1v) is 10.5. The number of morpholine rings is 1. The predicted molar refractivity (Wildman–Crippen MR) is 118 cm³/mol. The Balaban J connectivity index is 1.50. The molecule has 4 rings (SSSR count). The highest BCUT2D eigenvalue weighted by Gasteiger charge is 2.22. The monoisotopic (exact) mass is 404 g/mol. The van der Waals surface area contributed by atoms with Gasteiger partial charge < -0.3 is 10.1 Å². The van der Waals surface area contributed by atoms with Gasteiger partial charge in [0.1, 0.15) is 5.69 Å². The average molecular weight is 405 g/mol. The lowest BCUT2D eigenvalue weighted by atomic mass is 10.1. The summed E-state index contributed by atoms with van der Waals surface area (Å²) >= 11 is 0. The molecule has 0 aliphatic carbocycles. The second-order valence-corrected chi connectivity index (χ2v) is 7.81. The highest BCUT2D eigenvalue weighted by molar-refractivity contribution is 5.99. The van der Waals surface area contributed by atoms with Crippen molar-refractivity contribution in [3.05, 3.63) is 72.4 Å². The fourth-order valence-corrected chi connectivity index (χ4v) is 3.95. The van der Waals surface area contributed by atoms with E-state index in [1.807, 2.05) is 66.9 Å². The van der Waals surface area contributed by atoms with Crippen molar-refractivity contribution in [1.82, 2.24) is 20.0 Å². The molecule has 1 N–H and O–H groups in total. The first kappa shape index (κ1) is 20.3. The molecule has 156 valence electrons. The van der Waals surface area contributed by atoms with Crippen LogP contribution in [0, 0.1) is 0 Å². The summed E-state index contributed by atoms with van der Waals surface area (Å²) in [5.74, 6) is -0.106. The Kier molecular flexibility index (Phi) is 6.26. The van der Waals surface area contributed by atoms with E-state index in [2.05, 4.69) is 24.1 Å². The zero-order valence-corrected chi connectivity index (χ0v) is 17.5. The van der Waals surface area contributed by atoms with Gasteiger partial charge in [0.2, 0.25) is 0 Å². The van der Waals surface area contributed by atoms with E-state index in [0.29, 0.717) is 17.8 Å². The van der Waals surface area contributed by atoms with Crippen molar-refractivity contribution in [2.45, 2.75) is 26.1 Å². The van der Waals surface area contributed by atoms with Crippen molar-refractivity contribution in [1.29, 1.82) is 0 Å². The number of nitrogens with zero attached hydrogens (tertiary/aromatic N) is 3. The highest BCUT2D eigenvalue weighted by Crippen LogP contribution is 2.23. The number of aromatic nitrogens is 2. The zero-order valence-electron chi connectivity index (χ0n) is 17.5. The number of hydrogen-bond acceptors (Lipinski definition) is 4. The third-order valence-electron chi connectivity index (χ3n) is 5.24. The number of para-hydroxylation sites is 1. The second kappa shape index (κ2) is 9.24. The molecule has 6 nitrogen and oxygen atoms in total. The molecule has 1 fully saturated rings. The molecule has 3 aromatic rings. The molecular weight excluding hydrogens is 376 g/mol. The highest BCUT2D eigenvalue weighted by atomic mass is 16.5. The Bertz CT molecular complexity index is 961. The zero-order chi connectivity index (χ0) is 20.9. The van der Waals surface area contributed by atoms with Gasteiger partial charge in [0.15, 0.2) is 0 Å². The Labute approximate surface area is 177 Å². The van der Waals surface area contributed by atoms with Crippen molar-refractivity contribution in [2.24, 2.45) is 0 Å². The molecular formula is C24H28N4O2.